The van der Waals surface area contributed by atoms with E-state index < -0.39 is 33.1 Å². The molecular weight excluding hydrogens is 262 g/mol. The van der Waals surface area contributed by atoms with Gasteiger partial charge in [-0.3, -0.25) is 0 Å². The number of nitrogens with zero attached hydrogens (tertiary/aromatic N) is 2. The average Bonchev–Trinajstić information content (AvgIpc) is 2.32. The molecule has 0 aliphatic heterocycles. The van der Waals surface area contributed by atoms with Crippen molar-refractivity contribution in [1.29, 1.82) is 5.26 Å². The lowest BCUT2D eigenvalue weighted by Gasteiger charge is -2.18. The number of benzene rings is 1. The second-order valence-corrected chi connectivity index (χ2v) is 5.48. The Hall–Kier alpha value is -1.52. The van der Waals surface area contributed by atoms with Crippen LogP contribution in [0.15, 0.2) is 23.1 Å². The van der Waals surface area contributed by atoms with Gasteiger partial charge in [0, 0.05) is 6.54 Å². The van der Waals surface area contributed by atoms with E-state index in [2.05, 4.69) is 0 Å². The molecule has 0 aliphatic rings. The third kappa shape index (κ3) is 3.03. The fraction of sp³-hybridized carbons (Fsp3) is 0.364. The van der Waals surface area contributed by atoms with E-state index in [1.807, 2.05) is 0 Å². The van der Waals surface area contributed by atoms with Gasteiger partial charge >= 0.3 is 0 Å². The summed E-state index contributed by atoms with van der Waals surface area (Å²) in [6.07, 6.45) is 0.470. The molecule has 4 nitrogen and oxygen atoms in total. The molecule has 0 aromatic heterocycles. The van der Waals surface area contributed by atoms with Crippen molar-refractivity contribution in [3.8, 4) is 6.07 Å². The van der Waals surface area contributed by atoms with Crippen LogP contribution in [-0.2, 0) is 10.0 Å². The van der Waals surface area contributed by atoms with Gasteiger partial charge in [0.05, 0.1) is 6.07 Å². The minimum absolute atomic E-state index is 0.0752. The van der Waals surface area contributed by atoms with E-state index in [1.54, 1.807) is 13.0 Å². The smallest absolute Gasteiger partial charge is 0.207 e. The highest BCUT2D eigenvalue weighted by Crippen LogP contribution is 2.20. The second kappa shape index (κ2) is 5.89. The summed E-state index contributed by atoms with van der Waals surface area (Å²) >= 11 is 0. The standard InChI is InChI=1S/C11H12F2N2O2S/c1-2-6-15(7-5-14)18(16,17)11-8-9(12)3-4-10(11)13/h3-4,8H,2,6-7H2,1H3. The minimum Gasteiger partial charge on any atom is -0.207 e. The van der Waals surface area contributed by atoms with Gasteiger partial charge in [0.15, 0.2) is 0 Å². The second-order valence-electron chi connectivity index (χ2n) is 3.57. The Morgan fingerprint density at radius 1 is 1.39 bits per heavy atom. The van der Waals surface area contributed by atoms with Crippen LogP contribution < -0.4 is 0 Å². The number of sulfonamides is 1. The molecule has 18 heavy (non-hydrogen) atoms. The van der Waals surface area contributed by atoms with E-state index >= 15 is 0 Å². The van der Waals surface area contributed by atoms with Crippen molar-refractivity contribution in [3.05, 3.63) is 29.8 Å². The largest absolute Gasteiger partial charge is 0.247 e. The monoisotopic (exact) mass is 274 g/mol. The first kappa shape index (κ1) is 14.5. The molecule has 0 saturated heterocycles. The van der Waals surface area contributed by atoms with Crippen molar-refractivity contribution in [2.75, 3.05) is 13.1 Å². The Kier molecular flexibility index (Phi) is 4.76. The molecule has 0 N–H and O–H groups in total. The van der Waals surface area contributed by atoms with Crippen LogP contribution in [0.4, 0.5) is 8.78 Å². The van der Waals surface area contributed by atoms with Crippen molar-refractivity contribution in [1.82, 2.24) is 4.31 Å². The Labute approximate surface area is 105 Å². The summed E-state index contributed by atoms with van der Waals surface area (Å²) in [5, 5.41) is 8.57. The number of hydrogen-bond donors (Lipinski definition) is 0. The zero-order valence-electron chi connectivity index (χ0n) is 9.73. The predicted octanol–water partition coefficient (Wildman–Crippen LogP) is 1.89. The molecule has 0 saturated carbocycles. The first-order valence-electron chi connectivity index (χ1n) is 5.25. The molecule has 1 aromatic carbocycles. The quantitative estimate of drug-likeness (QED) is 0.770. The fourth-order valence-corrected chi connectivity index (χ4v) is 2.93. The molecule has 98 valence electrons. The highest BCUT2D eigenvalue weighted by atomic mass is 32.2. The molecule has 0 unspecified atom stereocenters. The summed E-state index contributed by atoms with van der Waals surface area (Å²) in [6, 6.07) is 3.89. The van der Waals surface area contributed by atoms with E-state index in [-0.39, 0.29) is 6.54 Å². The lowest BCUT2D eigenvalue weighted by Crippen LogP contribution is -2.32. The van der Waals surface area contributed by atoms with Crippen LogP contribution in [0.2, 0.25) is 0 Å². The van der Waals surface area contributed by atoms with Crippen LogP contribution in [-0.4, -0.2) is 25.8 Å². The zero-order valence-corrected chi connectivity index (χ0v) is 10.5. The summed E-state index contributed by atoms with van der Waals surface area (Å²) < 4.78 is 51.4. The zero-order chi connectivity index (χ0) is 13.8. The molecule has 0 radical (unpaired) electrons. The van der Waals surface area contributed by atoms with Crippen molar-refractivity contribution >= 4 is 10.0 Å². The van der Waals surface area contributed by atoms with Gasteiger partial charge in [-0.2, -0.15) is 9.57 Å². The summed E-state index contributed by atoms with van der Waals surface area (Å²) in [5.74, 6) is -1.88. The van der Waals surface area contributed by atoms with Crippen LogP contribution in [0.25, 0.3) is 0 Å². The summed E-state index contributed by atoms with van der Waals surface area (Å²) in [4.78, 5) is -0.744. The van der Waals surface area contributed by atoms with Gasteiger partial charge in [0.25, 0.3) is 0 Å². The fourth-order valence-electron chi connectivity index (χ4n) is 1.43. The maximum Gasteiger partial charge on any atom is 0.247 e. The highest BCUT2D eigenvalue weighted by molar-refractivity contribution is 7.89. The lowest BCUT2D eigenvalue weighted by molar-refractivity contribution is 0.438. The van der Waals surface area contributed by atoms with Crippen LogP contribution in [0.3, 0.4) is 0 Å². The van der Waals surface area contributed by atoms with Gasteiger partial charge < -0.3 is 0 Å². The number of nitriles is 1. The van der Waals surface area contributed by atoms with Crippen LogP contribution in [0.5, 0.6) is 0 Å². The van der Waals surface area contributed by atoms with Crippen molar-refractivity contribution in [2.24, 2.45) is 0 Å². The predicted molar refractivity (Wildman–Crippen MR) is 61.0 cm³/mol. The third-order valence-corrected chi connectivity index (χ3v) is 4.09. The topological polar surface area (TPSA) is 61.2 Å². The normalized spacial score (nSPS) is 11.5. The highest BCUT2D eigenvalue weighted by Gasteiger charge is 2.27. The van der Waals surface area contributed by atoms with E-state index in [0.29, 0.717) is 12.5 Å². The van der Waals surface area contributed by atoms with Crippen LogP contribution in [0.1, 0.15) is 13.3 Å². The van der Waals surface area contributed by atoms with Gasteiger partial charge in [-0.1, -0.05) is 6.92 Å². The molecule has 7 heteroatoms. The van der Waals surface area contributed by atoms with E-state index in [9.17, 15) is 17.2 Å². The number of rotatable bonds is 5. The van der Waals surface area contributed by atoms with Gasteiger partial charge in [0.1, 0.15) is 23.1 Å². The average molecular weight is 274 g/mol. The minimum atomic E-state index is -4.18. The van der Waals surface area contributed by atoms with Crippen molar-refractivity contribution in [3.63, 3.8) is 0 Å². The van der Waals surface area contributed by atoms with Gasteiger partial charge in [-0.05, 0) is 24.6 Å². The third-order valence-electron chi connectivity index (χ3n) is 2.23. The molecule has 0 atom stereocenters. The SMILES string of the molecule is CCCN(CC#N)S(=O)(=O)c1cc(F)ccc1F. The molecule has 0 fully saturated rings. The maximum absolute atomic E-state index is 13.5. The Morgan fingerprint density at radius 3 is 2.61 bits per heavy atom. The van der Waals surface area contributed by atoms with Crippen LogP contribution in [0, 0.1) is 23.0 Å². The molecule has 1 aromatic rings. The van der Waals surface area contributed by atoms with E-state index in [0.717, 1.165) is 16.4 Å². The van der Waals surface area contributed by atoms with E-state index in [4.69, 9.17) is 5.26 Å². The molecule has 0 bridgehead atoms. The molecule has 0 heterocycles. The number of hydrogen-bond acceptors (Lipinski definition) is 3. The molecule has 0 spiro atoms. The maximum atomic E-state index is 13.5. The Balaban J connectivity index is 3.26. The Morgan fingerprint density at radius 2 is 2.06 bits per heavy atom. The summed E-state index contributed by atoms with van der Waals surface area (Å²) in [7, 11) is -4.18. The van der Waals surface area contributed by atoms with Gasteiger partial charge in [-0.15, -0.1) is 0 Å². The van der Waals surface area contributed by atoms with Gasteiger partial charge in [0.2, 0.25) is 10.0 Å². The number of halogens is 2. The lowest BCUT2D eigenvalue weighted by atomic mass is 10.3. The van der Waals surface area contributed by atoms with Crippen molar-refractivity contribution in [2.45, 2.75) is 18.2 Å². The summed E-state index contributed by atoms with van der Waals surface area (Å²) in [5.41, 5.74) is 0. The molecule has 0 amide bonds. The summed E-state index contributed by atoms with van der Waals surface area (Å²) in [6.45, 7) is 1.40. The Bertz CT molecular complexity index is 567. The van der Waals surface area contributed by atoms with Crippen LogP contribution >= 0.6 is 0 Å². The van der Waals surface area contributed by atoms with Crippen molar-refractivity contribution < 1.29 is 17.2 Å². The molecular formula is C11H12F2N2O2S. The molecule has 0 aliphatic carbocycles. The van der Waals surface area contributed by atoms with Gasteiger partial charge in [-0.25, -0.2) is 17.2 Å². The first-order valence-corrected chi connectivity index (χ1v) is 6.69. The first-order chi connectivity index (χ1) is 8.43. The molecule has 1 rings (SSSR count). The van der Waals surface area contributed by atoms with E-state index in [1.165, 1.54) is 0 Å².